The maximum atomic E-state index is 13.1. The zero-order valence-corrected chi connectivity index (χ0v) is 21.2. The van der Waals surface area contributed by atoms with Gasteiger partial charge in [0.2, 0.25) is 0 Å². The van der Waals surface area contributed by atoms with Gasteiger partial charge >= 0.3 is 6.18 Å². The minimum absolute atomic E-state index is 0.0639. The molecule has 0 aromatic heterocycles. The number of halogens is 4. The number of alkyl halides is 3. The van der Waals surface area contributed by atoms with E-state index < -0.39 is 17.6 Å². The monoisotopic (exact) mass is 549 g/mol. The summed E-state index contributed by atoms with van der Waals surface area (Å²) in [6.07, 6.45) is -2.91. The molecule has 4 nitrogen and oxygen atoms in total. The number of benzene rings is 3. The molecule has 1 aliphatic heterocycles. The van der Waals surface area contributed by atoms with Gasteiger partial charge in [0.05, 0.1) is 22.8 Å². The SMILES string of the molecule is CCOc1cc(/C=C2/SC(=S)N(c3cccc(C(F)(F)F)c3)C2=O)ccc1OCc1ccccc1Cl. The standard InChI is InChI=1S/C26H19ClF3NO3S2/c1-2-33-22-12-16(10-11-21(22)34-15-17-6-3-4-9-20(17)27)13-23-24(32)31(25(35)36-23)19-8-5-7-18(14-19)26(28,29)30/h3-14H,2,15H2,1H3/b23-13+. The number of rotatable bonds is 7. The number of anilines is 1. The number of thioether (sulfide) groups is 1. The predicted octanol–water partition coefficient (Wildman–Crippen LogP) is 7.74. The molecule has 3 aromatic carbocycles. The number of carbonyl (C=O) groups is 1. The van der Waals surface area contributed by atoms with Gasteiger partial charge in [0.1, 0.15) is 6.61 Å². The second-order valence-electron chi connectivity index (χ2n) is 7.58. The molecule has 0 unspecified atom stereocenters. The van der Waals surface area contributed by atoms with Gasteiger partial charge in [0.15, 0.2) is 15.8 Å². The van der Waals surface area contributed by atoms with Gasteiger partial charge in [-0.25, -0.2) is 0 Å². The van der Waals surface area contributed by atoms with Crippen LogP contribution >= 0.6 is 35.6 Å². The molecule has 4 rings (SSSR count). The van der Waals surface area contributed by atoms with E-state index in [4.69, 9.17) is 33.3 Å². The summed E-state index contributed by atoms with van der Waals surface area (Å²) >= 11 is 12.5. The average Bonchev–Trinajstić information content (AvgIpc) is 3.11. The molecule has 10 heteroatoms. The third kappa shape index (κ3) is 5.86. The third-order valence-electron chi connectivity index (χ3n) is 5.13. The Morgan fingerprint density at radius 2 is 1.81 bits per heavy atom. The molecule has 0 aliphatic carbocycles. The first-order valence-electron chi connectivity index (χ1n) is 10.8. The third-order valence-corrected chi connectivity index (χ3v) is 6.80. The van der Waals surface area contributed by atoms with Crippen LogP contribution in [0.2, 0.25) is 5.02 Å². The Kier molecular flexibility index (Phi) is 7.92. The van der Waals surface area contributed by atoms with Crippen molar-refractivity contribution in [1.82, 2.24) is 0 Å². The van der Waals surface area contributed by atoms with Crippen molar-refractivity contribution in [2.24, 2.45) is 0 Å². The van der Waals surface area contributed by atoms with Crippen LogP contribution in [0.4, 0.5) is 18.9 Å². The van der Waals surface area contributed by atoms with Gasteiger partial charge in [-0.1, -0.05) is 65.9 Å². The molecule has 1 aliphatic rings. The van der Waals surface area contributed by atoms with Crippen LogP contribution in [0.15, 0.2) is 71.6 Å². The summed E-state index contributed by atoms with van der Waals surface area (Å²) in [5.41, 5.74) is 0.679. The van der Waals surface area contributed by atoms with Crippen molar-refractivity contribution in [3.63, 3.8) is 0 Å². The van der Waals surface area contributed by atoms with Crippen LogP contribution in [0.1, 0.15) is 23.6 Å². The molecule has 1 fully saturated rings. The first-order valence-corrected chi connectivity index (χ1v) is 12.4. The molecule has 0 radical (unpaired) electrons. The molecule has 1 heterocycles. The minimum Gasteiger partial charge on any atom is -0.490 e. The van der Waals surface area contributed by atoms with Crippen LogP contribution in [-0.4, -0.2) is 16.8 Å². The zero-order chi connectivity index (χ0) is 25.9. The van der Waals surface area contributed by atoms with E-state index in [1.54, 1.807) is 30.3 Å². The van der Waals surface area contributed by atoms with Crippen LogP contribution in [-0.2, 0) is 17.6 Å². The Balaban J connectivity index is 1.57. The second kappa shape index (κ2) is 10.9. The van der Waals surface area contributed by atoms with Crippen LogP contribution in [0.3, 0.4) is 0 Å². The highest BCUT2D eigenvalue weighted by Gasteiger charge is 2.36. The Morgan fingerprint density at radius 1 is 1.03 bits per heavy atom. The van der Waals surface area contributed by atoms with Crippen molar-refractivity contribution in [3.05, 3.63) is 93.3 Å². The Hall–Kier alpha value is -3.01. The van der Waals surface area contributed by atoms with Gasteiger partial charge in [-0.2, -0.15) is 13.2 Å². The lowest BCUT2D eigenvalue weighted by Crippen LogP contribution is -2.27. The highest BCUT2D eigenvalue weighted by atomic mass is 35.5. The predicted molar refractivity (Wildman–Crippen MR) is 140 cm³/mol. The number of hydrogen-bond acceptors (Lipinski definition) is 5. The Morgan fingerprint density at radius 3 is 2.53 bits per heavy atom. The van der Waals surface area contributed by atoms with Crippen LogP contribution < -0.4 is 14.4 Å². The molecule has 3 aromatic rings. The van der Waals surface area contributed by atoms with Gasteiger partial charge in [-0.3, -0.25) is 9.69 Å². The molecular formula is C26H19ClF3NO3S2. The molecule has 0 spiro atoms. The van der Waals surface area contributed by atoms with Crippen molar-refractivity contribution < 1.29 is 27.4 Å². The fourth-order valence-corrected chi connectivity index (χ4v) is 4.93. The summed E-state index contributed by atoms with van der Waals surface area (Å²) < 4.78 is 51.2. The normalized spacial score (nSPS) is 15.0. The summed E-state index contributed by atoms with van der Waals surface area (Å²) in [6, 6.07) is 17.1. The Bertz CT molecular complexity index is 1340. The van der Waals surface area contributed by atoms with E-state index in [0.717, 1.165) is 34.4 Å². The molecule has 0 atom stereocenters. The highest BCUT2D eigenvalue weighted by molar-refractivity contribution is 8.27. The van der Waals surface area contributed by atoms with Crippen molar-refractivity contribution >= 4 is 57.6 Å². The molecule has 1 amide bonds. The van der Waals surface area contributed by atoms with E-state index >= 15 is 0 Å². The topological polar surface area (TPSA) is 38.8 Å². The summed E-state index contributed by atoms with van der Waals surface area (Å²) in [6.45, 7) is 2.48. The first-order chi connectivity index (χ1) is 17.2. The van der Waals surface area contributed by atoms with E-state index in [2.05, 4.69) is 0 Å². The molecule has 0 N–H and O–H groups in total. The molecule has 0 bridgehead atoms. The number of nitrogens with zero attached hydrogens (tertiary/aromatic N) is 1. The van der Waals surface area contributed by atoms with Crippen molar-refractivity contribution in [2.75, 3.05) is 11.5 Å². The minimum atomic E-state index is -4.53. The summed E-state index contributed by atoms with van der Waals surface area (Å²) in [4.78, 5) is 14.4. The van der Waals surface area contributed by atoms with Gasteiger partial charge < -0.3 is 9.47 Å². The van der Waals surface area contributed by atoms with E-state index in [-0.39, 0.29) is 21.5 Å². The molecule has 0 saturated carbocycles. The first kappa shape index (κ1) is 26.1. The number of ether oxygens (including phenoxy) is 2. The summed E-state index contributed by atoms with van der Waals surface area (Å²) in [7, 11) is 0. The smallest absolute Gasteiger partial charge is 0.416 e. The van der Waals surface area contributed by atoms with E-state index in [9.17, 15) is 18.0 Å². The maximum absolute atomic E-state index is 13.1. The number of thiocarbonyl (C=S) groups is 1. The highest BCUT2D eigenvalue weighted by Crippen LogP contribution is 2.39. The number of hydrogen-bond donors (Lipinski definition) is 0. The van der Waals surface area contributed by atoms with Crippen molar-refractivity contribution in [2.45, 2.75) is 19.7 Å². The van der Waals surface area contributed by atoms with Gasteiger partial charge in [0, 0.05) is 10.6 Å². The average molecular weight is 550 g/mol. The lowest BCUT2D eigenvalue weighted by molar-refractivity contribution is -0.137. The quantitative estimate of drug-likeness (QED) is 0.223. The lowest BCUT2D eigenvalue weighted by Gasteiger charge is -2.16. The fraction of sp³-hybridized carbons (Fsp3) is 0.154. The van der Waals surface area contributed by atoms with Crippen molar-refractivity contribution in [1.29, 1.82) is 0 Å². The van der Waals surface area contributed by atoms with Gasteiger partial charge in [0.25, 0.3) is 5.91 Å². The van der Waals surface area contributed by atoms with Crippen molar-refractivity contribution in [3.8, 4) is 11.5 Å². The number of amides is 1. The van der Waals surface area contributed by atoms with E-state index in [1.807, 2.05) is 25.1 Å². The van der Waals surface area contributed by atoms with Crippen LogP contribution in [0, 0.1) is 0 Å². The van der Waals surface area contributed by atoms with Crippen LogP contribution in [0.5, 0.6) is 11.5 Å². The second-order valence-corrected chi connectivity index (χ2v) is 9.67. The molecular weight excluding hydrogens is 531 g/mol. The zero-order valence-electron chi connectivity index (χ0n) is 18.8. The number of carbonyl (C=O) groups excluding carboxylic acids is 1. The molecule has 1 saturated heterocycles. The molecule has 36 heavy (non-hydrogen) atoms. The summed E-state index contributed by atoms with van der Waals surface area (Å²) in [5, 5.41) is 0.592. The maximum Gasteiger partial charge on any atom is 0.416 e. The summed E-state index contributed by atoms with van der Waals surface area (Å²) in [5.74, 6) is 0.485. The van der Waals surface area contributed by atoms with Gasteiger partial charge in [-0.15, -0.1) is 0 Å². The van der Waals surface area contributed by atoms with E-state index in [1.165, 1.54) is 12.1 Å². The Labute approximate surface area is 220 Å². The fourth-order valence-electron chi connectivity index (χ4n) is 3.44. The molecule has 186 valence electrons. The largest absolute Gasteiger partial charge is 0.490 e. The van der Waals surface area contributed by atoms with Crippen LogP contribution in [0.25, 0.3) is 6.08 Å². The van der Waals surface area contributed by atoms with E-state index in [0.29, 0.717) is 28.7 Å². The lowest BCUT2D eigenvalue weighted by atomic mass is 10.1. The van der Waals surface area contributed by atoms with Gasteiger partial charge in [-0.05, 0) is 55.0 Å².